The lowest BCUT2D eigenvalue weighted by molar-refractivity contribution is -0.0589. The molecule has 2 aliphatic heterocycles. The number of imidazole rings is 1. The highest BCUT2D eigenvalue weighted by Crippen LogP contribution is 2.58. The zero-order chi connectivity index (χ0) is 16.4. The molecular weight excluding hydrogens is 333 g/mol. The minimum atomic E-state index is -4.23. The van der Waals surface area contributed by atoms with Crippen molar-refractivity contribution in [2.24, 2.45) is 0 Å². The van der Waals surface area contributed by atoms with Gasteiger partial charge >= 0.3 is 7.82 Å². The van der Waals surface area contributed by atoms with Crippen LogP contribution in [0.1, 0.15) is 6.23 Å². The molecule has 12 nitrogen and oxygen atoms in total. The monoisotopic (exact) mass is 345 g/mol. The van der Waals surface area contributed by atoms with Crippen LogP contribution in [-0.4, -0.2) is 54.4 Å². The van der Waals surface area contributed by atoms with Crippen molar-refractivity contribution in [3.05, 3.63) is 16.7 Å². The molecule has 2 aromatic rings. The first-order valence-electron chi connectivity index (χ1n) is 6.58. The van der Waals surface area contributed by atoms with Crippen LogP contribution in [0.5, 0.6) is 0 Å². The highest BCUT2D eigenvalue weighted by atomic mass is 31.2. The Morgan fingerprint density at radius 1 is 1.43 bits per heavy atom. The molecule has 2 fully saturated rings. The number of aliphatic hydroxyl groups is 1. The number of aromatic nitrogens is 4. The minimum absolute atomic E-state index is 0.0258. The van der Waals surface area contributed by atoms with Crippen LogP contribution in [-0.2, 0) is 18.3 Å². The molecule has 2 aliphatic rings. The molecule has 4 heterocycles. The second-order valence-corrected chi connectivity index (χ2v) is 6.49. The van der Waals surface area contributed by atoms with Gasteiger partial charge in [0.25, 0.3) is 5.56 Å². The van der Waals surface area contributed by atoms with E-state index < -0.39 is 44.5 Å². The molecule has 0 aromatic carbocycles. The van der Waals surface area contributed by atoms with Crippen LogP contribution < -0.4 is 11.3 Å². The number of phosphoric acid groups is 1. The fourth-order valence-corrected chi connectivity index (χ4v) is 3.92. The van der Waals surface area contributed by atoms with Crippen LogP contribution in [0.2, 0.25) is 0 Å². The van der Waals surface area contributed by atoms with Gasteiger partial charge in [-0.1, -0.05) is 0 Å². The van der Waals surface area contributed by atoms with E-state index in [0.717, 1.165) is 0 Å². The van der Waals surface area contributed by atoms with Gasteiger partial charge in [0.15, 0.2) is 17.4 Å². The summed E-state index contributed by atoms with van der Waals surface area (Å²) in [6.07, 6.45) is -2.46. The largest absolute Gasteiger partial charge is 0.473 e. The fraction of sp³-hybridized carbons (Fsp3) is 0.500. The van der Waals surface area contributed by atoms with Gasteiger partial charge in [0, 0.05) is 0 Å². The molecule has 23 heavy (non-hydrogen) atoms. The average Bonchev–Trinajstić information content (AvgIpc) is 3.09. The van der Waals surface area contributed by atoms with Crippen molar-refractivity contribution in [2.75, 3.05) is 12.3 Å². The topological polar surface area (TPSA) is 175 Å². The predicted molar refractivity (Wildman–Crippen MR) is 73.1 cm³/mol. The Bertz CT molecular complexity index is 880. The number of nitrogens with zero attached hydrogens (tertiary/aromatic N) is 3. The van der Waals surface area contributed by atoms with Gasteiger partial charge in [0.2, 0.25) is 5.95 Å². The summed E-state index contributed by atoms with van der Waals surface area (Å²) in [6, 6.07) is 0. The van der Waals surface area contributed by atoms with Crippen LogP contribution in [0.15, 0.2) is 11.1 Å². The Morgan fingerprint density at radius 2 is 2.17 bits per heavy atom. The smallest absolute Gasteiger partial charge is 0.394 e. The third kappa shape index (κ3) is 2.19. The van der Waals surface area contributed by atoms with Crippen molar-refractivity contribution in [3.63, 3.8) is 0 Å². The molecule has 13 heteroatoms. The SMILES string of the molecule is Nc1nc2c(ncn2[C@@H]2O[C@H](CO)[C@@H]3OP(=O)(O)O[C@@H]32)c(=O)[nH]1. The maximum atomic E-state index is 11.8. The zero-order valence-electron chi connectivity index (χ0n) is 11.4. The number of hydrogen-bond acceptors (Lipinski definition) is 9. The lowest BCUT2D eigenvalue weighted by Gasteiger charge is -2.18. The summed E-state index contributed by atoms with van der Waals surface area (Å²) in [6.45, 7) is -0.441. The van der Waals surface area contributed by atoms with Crippen LogP contribution in [0.4, 0.5) is 5.95 Å². The van der Waals surface area contributed by atoms with Crippen molar-refractivity contribution in [1.29, 1.82) is 0 Å². The number of nitrogens with one attached hydrogen (secondary N) is 1. The third-order valence-electron chi connectivity index (χ3n) is 3.70. The van der Waals surface area contributed by atoms with E-state index in [2.05, 4.69) is 15.0 Å². The van der Waals surface area contributed by atoms with Crippen LogP contribution >= 0.6 is 7.82 Å². The van der Waals surface area contributed by atoms with Gasteiger partial charge in [-0.3, -0.25) is 23.4 Å². The van der Waals surface area contributed by atoms with Gasteiger partial charge in [-0.25, -0.2) is 9.55 Å². The molecule has 2 aromatic heterocycles. The van der Waals surface area contributed by atoms with E-state index in [0.29, 0.717) is 0 Å². The van der Waals surface area contributed by atoms with Crippen LogP contribution in [0.25, 0.3) is 11.2 Å². The number of nitrogens with two attached hydrogens (primary N) is 1. The predicted octanol–water partition coefficient (Wildman–Crippen LogP) is -1.52. The molecular formula is C10H12N5O7P. The summed E-state index contributed by atoms with van der Waals surface area (Å²) in [5.41, 5.74) is 5.14. The van der Waals surface area contributed by atoms with E-state index in [-0.39, 0.29) is 17.1 Å². The number of fused-ring (bicyclic) bond motifs is 2. The molecule has 0 amide bonds. The number of anilines is 1. The Labute approximate surface area is 127 Å². The van der Waals surface area contributed by atoms with Gasteiger partial charge in [0.1, 0.15) is 18.3 Å². The molecule has 0 aliphatic carbocycles. The fourth-order valence-electron chi connectivity index (χ4n) is 2.78. The molecule has 1 unspecified atom stereocenters. The quantitative estimate of drug-likeness (QED) is 0.467. The number of phosphoric ester groups is 1. The molecule has 0 saturated carbocycles. The first kappa shape index (κ1) is 14.8. The highest BCUT2D eigenvalue weighted by molar-refractivity contribution is 7.47. The summed E-state index contributed by atoms with van der Waals surface area (Å²) >= 11 is 0. The Balaban J connectivity index is 1.82. The second kappa shape index (κ2) is 4.84. The number of rotatable bonds is 2. The first-order chi connectivity index (χ1) is 10.9. The van der Waals surface area contributed by atoms with E-state index in [1.54, 1.807) is 0 Å². The summed E-state index contributed by atoms with van der Waals surface area (Å²) in [5, 5.41) is 9.35. The molecule has 124 valence electrons. The normalized spacial score (nSPS) is 36.6. The lowest BCUT2D eigenvalue weighted by Crippen LogP contribution is -2.30. The molecule has 5 atom stereocenters. The summed E-state index contributed by atoms with van der Waals surface area (Å²) in [4.78, 5) is 31.5. The molecule has 4 rings (SSSR count). The van der Waals surface area contributed by atoms with Crippen molar-refractivity contribution in [2.45, 2.75) is 24.5 Å². The van der Waals surface area contributed by atoms with E-state index in [9.17, 15) is 19.4 Å². The number of H-pyrrole nitrogens is 1. The van der Waals surface area contributed by atoms with Crippen molar-refractivity contribution in [3.8, 4) is 0 Å². The van der Waals surface area contributed by atoms with E-state index in [4.69, 9.17) is 19.5 Å². The first-order valence-corrected chi connectivity index (χ1v) is 8.07. The lowest BCUT2D eigenvalue weighted by atomic mass is 10.1. The van der Waals surface area contributed by atoms with Crippen molar-refractivity contribution in [1.82, 2.24) is 19.5 Å². The third-order valence-corrected chi connectivity index (χ3v) is 4.72. The Hall–Kier alpha value is -1.82. The molecule has 5 N–H and O–H groups in total. The Morgan fingerprint density at radius 3 is 2.91 bits per heavy atom. The van der Waals surface area contributed by atoms with Crippen LogP contribution in [0.3, 0.4) is 0 Å². The van der Waals surface area contributed by atoms with Crippen molar-refractivity contribution < 1.29 is 28.3 Å². The van der Waals surface area contributed by atoms with Gasteiger partial charge in [-0.05, 0) is 0 Å². The average molecular weight is 345 g/mol. The van der Waals surface area contributed by atoms with E-state index in [1.807, 2.05) is 0 Å². The molecule has 0 radical (unpaired) electrons. The summed E-state index contributed by atoms with van der Waals surface area (Å²) in [5.74, 6) is -0.117. The highest BCUT2D eigenvalue weighted by Gasteiger charge is 2.57. The number of aliphatic hydroxyl groups excluding tert-OH is 1. The summed E-state index contributed by atoms with van der Waals surface area (Å²) < 4.78 is 28.5. The second-order valence-electron chi connectivity index (χ2n) is 5.13. The molecule has 0 spiro atoms. The standard InChI is InChI=1S/C10H12N5O7P/c11-10-13-7-4(8(17)14-10)12-2-15(7)9-6-5(3(1-16)20-9)21-23(18,19)22-6/h2-3,5-6,9,16H,1H2,(H,18,19)(H3,11,13,14,17)/t3-,5+,6+,9-/m1/s1. The van der Waals surface area contributed by atoms with Gasteiger partial charge in [-0.2, -0.15) is 4.98 Å². The zero-order valence-corrected chi connectivity index (χ0v) is 12.3. The number of hydrogen-bond donors (Lipinski definition) is 4. The van der Waals surface area contributed by atoms with Crippen molar-refractivity contribution >= 4 is 24.9 Å². The van der Waals surface area contributed by atoms with Crippen LogP contribution in [0, 0.1) is 0 Å². The van der Waals surface area contributed by atoms with Gasteiger partial charge in [0.05, 0.1) is 12.9 Å². The summed E-state index contributed by atoms with van der Waals surface area (Å²) in [7, 11) is -4.23. The number of nitrogen functional groups attached to an aromatic ring is 1. The minimum Gasteiger partial charge on any atom is -0.394 e. The number of ether oxygens (including phenoxy) is 1. The maximum Gasteiger partial charge on any atom is 0.473 e. The molecule has 2 saturated heterocycles. The van der Waals surface area contributed by atoms with E-state index in [1.165, 1.54) is 10.9 Å². The maximum absolute atomic E-state index is 11.8. The van der Waals surface area contributed by atoms with Gasteiger partial charge in [-0.15, -0.1) is 0 Å². The Kier molecular flexibility index (Phi) is 3.10. The van der Waals surface area contributed by atoms with Gasteiger partial charge < -0.3 is 20.5 Å². The number of aromatic amines is 1. The molecule has 0 bridgehead atoms. The van der Waals surface area contributed by atoms with E-state index >= 15 is 0 Å².